The first kappa shape index (κ1) is 30.3. The number of ether oxygens (including phenoxy) is 3. The lowest BCUT2D eigenvalue weighted by atomic mass is 10.1. The van der Waals surface area contributed by atoms with Gasteiger partial charge in [-0.25, -0.2) is 9.07 Å². The molecule has 10 nitrogen and oxygen atoms in total. The standard InChI is InChI=1S/C33H33FN4O6/c1-19-7-10-22(11-8-19)38-32(40)30(20(2)37(38)5)31(39)36-21-9-12-27(24(34)15-21)44-26-13-14-35-25-17-29(43-18-33(3,4)41)28(42-6)16-23(25)26/h7-17,41H,18H2,1-6H3,(H,36,39). The van der Waals surface area contributed by atoms with E-state index in [0.29, 0.717) is 39.5 Å². The monoisotopic (exact) mass is 600 g/mol. The van der Waals surface area contributed by atoms with Crippen molar-refractivity contribution in [2.75, 3.05) is 19.0 Å². The summed E-state index contributed by atoms with van der Waals surface area (Å²) in [7, 11) is 3.18. The summed E-state index contributed by atoms with van der Waals surface area (Å²) >= 11 is 0. The molecule has 0 spiro atoms. The maximum absolute atomic E-state index is 15.3. The molecule has 3 aromatic carbocycles. The number of halogens is 1. The summed E-state index contributed by atoms with van der Waals surface area (Å²) in [5.41, 5.74) is 1.20. The molecule has 5 rings (SSSR count). The fourth-order valence-corrected chi connectivity index (χ4v) is 4.66. The van der Waals surface area contributed by atoms with Gasteiger partial charge in [0, 0.05) is 36.5 Å². The van der Waals surface area contributed by atoms with Gasteiger partial charge in [0.25, 0.3) is 11.5 Å². The minimum atomic E-state index is -1.05. The molecule has 0 saturated heterocycles. The number of nitrogens with one attached hydrogen (secondary N) is 1. The third kappa shape index (κ3) is 6.13. The Morgan fingerprint density at radius 3 is 2.39 bits per heavy atom. The third-order valence-electron chi connectivity index (χ3n) is 7.04. The number of fused-ring (bicyclic) bond motifs is 1. The first-order valence-electron chi connectivity index (χ1n) is 13.8. The normalized spacial score (nSPS) is 11.5. The second-order valence-corrected chi connectivity index (χ2v) is 11.1. The van der Waals surface area contributed by atoms with E-state index in [1.54, 1.807) is 62.8 Å². The summed E-state index contributed by atoms with van der Waals surface area (Å²) in [4.78, 5) is 30.8. The fourth-order valence-electron chi connectivity index (χ4n) is 4.66. The van der Waals surface area contributed by atoms with Gasteiger partial charge in [-0.3, -0.25) is 19.3 Å². The highest BCUT2D eigenvalue weighted by molar-refractivity contribution is 6.05. The van der Waals surface area contributed by atoms with E-state index < -0.39 is 22.9 Å². The molecule has 0 fully saturated rings. The zero-order chi connectivity index (χ0) is 31.8. The molecule has 0 radical (unpaired) electrons. The van der Waals surface area contributed by atoms with Gasteiger partial charge in [0.05, 0.1) is 29.6 Å². The Morgan fingerprint density at radius 2 is 1.73 bits per heavy atom. The van der Waals surface area contributed by atoms with Crippen molar-refractivity contribution in [2.24, 2.45) is 7.05 Å². The van der Waals surface area contributed by atoms with E-state index in [2.05, 4.69) is 10.3 Å². The Labute approximate surface area is 253 Å². The van der Waals surface area contributed by atoms with Crippen LogP contribution in [0.15, 0.2) is 71.7 Å². The number of carbonyl (C=O) groups excluding carboxylic acids is 1. The van der Waals surface area contributed by atoms with Crippen molar-refractivity contribution in [2.45, 2.75) is 33.3 Å². The highest BCUT2D eigenvalue weighted by Gasteiger charge is 2.23. The van der Waals surface area contributed by atoms with Gasteiger partial charge < -0.3 is 24.6 Å². The van der Waals surface area contributed by atoms with Crippen molar-refractivity contribution in [3.63, 3.8) is 0 Å². The predicted octanol–water partition coefficient (Wildman–Crippen LogP) is 5.68. The number of pyridine rings is 1. The Hall–Kier alpha value is -5.16. The van der Waals surface area contributed by atoms with E-state index >= 15 is 4.39 Å². The largest absolute Gasteiger partial charge is 0.493 e. The first-order chi connectivity index (χ1) is 20.9. The SMILES string of the molecule is COc1cc2c(Oc3ccc(NC(=O)c4c(C)n(C)n(-c5ccc(C)cc5)c4=O)cc3F)ccnc2cc1OCC(C)(C)O. The molecular formula is C33H33FN4O6. The van der Waals surface area contributed by atoms with Crippen molar-refractivity contribution in [1.82, 2.24) is 14.3 Å². The maximum atomic E-state index is 15.3. The number of benzene rings is 3. The summed E-state index contributed by atoms with van der Waals surface area (Å²) in [6.45, 7) is 6.91. The first-order valence-corrected chi connectivity index (χ1v) is 13.8. The zero-order valence-corrected chi connectivity index (χ0v) is 25.3. The van der Waals surface area contributed by atoms with Crippen molar-refractivity contribution in [1.29, 1.82) is 0 Å². The van der Waals surface area contributed by atoms with Gasteiger partial charge >= 0.3 is 0 Å². The minimum absolute atomic E-state index is 0.0336. The fraction of sp³-hybridized carbons (Fsp3) is 0.242. The van der Waals surface area contributed by atoms with Crippen LogP contribution < -0.4 is 25.1 Å². The summed E-state index contributed by atoms with van der Waals surface area (Å²) < 4.78 is 35.4. The molecule has 0 saturated carbocycles. The summed E-state index contributed by atoms with van der Waals surface area (Å²) in [6, 6.07) is 16.3. The Morgan fingerprint density at radius 1 is 1.00 bits per heavy atom. The van der Waals surface area contributed by atoms with Gasteiger partial charge in [0.1, 0.15) is 17.9 Å². The molecular weight excluding hydrogens is 567 g/mol. The van der Waals surface area contributed by atoms with Gasteiger partial charge in [-0.2, -0.15) is 0 Å². The molecule has 0 atom stereocenters. The summed E-state index contributed by atoms with van der Waals surface area (Å²) in [5.74, 6) is -0.388. The van der Waals surface area contributed by atoms with Gasteiger partial charge in [-0.15, -0.1) is 0 Å². The van der Waals surface area contributed by atoms with E-state index in [1.807, 2.05) is 19.1 Å². The number of hydrogen-bond acceptors (Lipinski definition) is 7. The number of nitrogens with zero attached hydrogens (tertiary/aromatic N) is 3. The van der Waals surface area contributed by atoms with Gasteiger partial charge in [0.15, 0.2) is 23.1 Å². The molecule has 0 aliphatic heterocycles. The second kappa shape index (κ2) is 11.8. The molecule has 2 aromatic heterocycles. The van der Waals surface area contributed by atoms with Gasteiger partial charge in [-0.1, -0.05) is 17.7 Å². The quantitative estimate of drug-likeness (QED) is 0.224. The number of aromatic nitrogens is 3. The molecule has 228 valence electrons. The van der Waals surface area contributed by atoms with E-state index in [9.17, 15) is 14.7 Å². The average Bonchev–Trinajstić information content (AvgIpc) is 3.20. The third-order valence-corrected chi connectivity index (χ3v) is 7.04. The Balaban J connectivity index is 1.38. The van der Waals surface area contributed by atoms with Crippen molar-refractivity contribution in [3.8, 4) is 28.7 Å². The van der Waals surface area contributed by atoms with Crippen LogP contribution in [0.4, 0.5) is 10.1 Å². The van der Waals surface area contributed by atoms with Crippen LogP contribution in [-0.4, -0.2) is 44.7 Å². The number of aliphatic hydroxyl groups is 1. The van der Waals surface area contributed by atoms with Crippen molar-refractivity contribution >= 4 is 22.5 Å². The van der Waals surface area contributed by atoms with E-state index in [0.717, 1.165) is 11.6 Å². The van der Waals surface area contributed by atoms with E-state index in [-0.39, 0.29) is 23.6 Å². The molecule has 11 heteroatoms. The number of rotatable bonds is 9. The van der Waals surface area contributed by atoms with Crippen LogP contribution >= 0.6 is 0 Å². The van der Waals surface area contributed by atoms with Crippen LogP contribution in [0, 0.1) is 19.7 Å². The van der Waals surface area contributed by atoms with Crippen molar-refractivity contribution in [3.05, 3.63) is 99.9 Å². The van der Waals surface area contributed by atoms with Crippen LogP contribution in [0.25, 0.3) is 16.6 Å². The highest BCUT2D eigenvalue weighted by Crippen LogP contribution is 2.38. The Kier molecular flexibility index (Phi) is 8.16. The second-order valence-electron chi connectivity index (χ2n) is 11.1. The molecule has 5 aromatic rings. The minimum Gasteiger partial charge on any atom is -0.493 e. The average molecular weight is 601 g/mol. The lowest BCUT2D eigenvalue weighted by Gasteiger charge is -2.19. The zero-order valence-electron chi connectivity index (χ0n) is 25.3. The van der Waals surface area contributed by atoms with Gasteiger partial charge in [0.2, 0.25) is 0 Å². The number of amides is 1. The number of carbonyl (C=O) groups is 1. The van der Waals surface area contributed by atoms with Crippen LogP contribution in [0.3, 0.4) is 0 Å². The molecule has 44 heavy (non-hydrogen) atoms. The molecule has 0 unspecified atom stereocenters. The van der Waals surface area contributed by atoms with Crippen molar-refractivity contribution < 1.29 is 28.5 Å². The maximum Gasteiger partial charge on any atom is 0.284 e. The van der Waals surface area contributed by atoms with Crippen LogP contribution in [0.1, 0.15) is 35.5 Å². The predicted molar refractivity (Wildman–Crippen MR) is 165 cm³/mol. The van der Waals surface area contributed by atoms with E-state index in [4.69, 9.17) is 14.2 Å². The van der Waals surface area contributed by atoms with Crippen LogP contribution in [0.2, 0.25) is 0 Å². The lowest BCUT2D eigenvalue weighted by Crippen LogP contribution is -2.27. The molecule has 0 aliphatic rings. The van der Waals surface area contributed by atoms with Crippen LogP contribution in [-0.2, 0) is 7.05 Å². The number of hydrogen-bond donors (Lipinski definition) is 2. The topological polar surface area (TPSA) is 117 Å². The summed E-state index contributed by atoms with van der Waals surface area (Å²) in [6.07, 6.45) is 1.52. The molecule has 0 aliphatic carbocycles. The number of aryl methyl sites for hydroxylation is 1. The molecule has 0 bridgehead atoms. The highest BCUT2D eigenvalue weighted by atomic mass is 19.1. The molecule has 2 heterocycles. The summed E-state index contributed by atoms with van der Waals surface area (Å²) in [5, 5.41) is 13.2. The molecule has 2 N–H and O–H groups in total. The van der Waals surface area contributed by atoms with E-state index in [1.165, 1.54) is 30.1 Å². The number of methoxy groups -OCH3 is 1. The lowest BCUT2D eigenvalue weighted by molar-refractivity contribution is 0.0276. The Bertz CT molecular complexity index is 1920. The smallest absolute Gasteiger partial charge is 0.284 e. The van der Waals surface area contributed by atoms with Crippen LogP contribution in [0.5, 0.6) is 23.0 Å². The molecule has 1 amide bonds. The van der Waals surface area contributed by atoms with Gasteiger partial charge in [-0.05, 0) is 64.1 Å². The number of anilines is 1.